The molecule has 3 rings (SSSR count). The summed E-state index contributed by atoms with van der Waals surface area (Å²) in [6.07, 6.45) is 2.45. The molecule has 1 aromatic heterocycles. The first-order valence-corrected chi connectivity index (χ1v) is 8.85. The Hall–Kier alpha value is -1.46. The van der Waals surface area contributed by atoms with E-state index in [1.165, 1.54) is 29.9 Å². The van der Waals surface area contributed by atoms with E-state index < -0.39 is 0 Å². The minimum atomic E-state index is 0.404. The predicted octanol–water partition coefficient (Wildman–Crippen LogP) is 3.42. The molecule has 2 heterocycles. The van der Waals surface area contributed by atoms with Gasteiger partial charge >= 0.3 is 0 Å². The molecule has 1 unspecified atom stereocenters. The molecule has 2 aromatic rings. The van der Waals surface area contributed by atoms with Gasteiger partial charge in [0.05, 0.1) is 0 Å². The van der Waals surface area contributed by atoms with Crippen LogP contribution in [0.4, 0.5) is 5.13 Å². The van der Waals surface area contributed by atoms with Crippen LogP contribution in [-0.2, 0) is 6.54 Å². The third-order valence-electron chi connectivity index (χ3n) is 4.08. The van der Waals surface area contributed by atoms with Crippen molar-refractivity contribution in [3.8, 4) is 0 Å². The number of benzene rings is 1. The van der Waals surface area contributed by atoms with Gasteiger partial charge in [0.15, 0.2) is 0 Å². The summed E-state index contributed by atoms with van der Waals surface area (Å²) in [4.78, 5) is 7.08. The van der Waals surface area contributed by atoms with E-state index in [0.29, 0.717) is 12.0 Å². The minimum Gasteiger partial charge on any atom is -0.345 e. The number of anilines is 1. The van der Waals surface area contributed by atoms with Crippen LogP contribution in [0.3, 0.4) is 0 Å². The first-order valence-electron chi connectivity index (χ1n) is 8.08. The highest BCUT2D eigenvalue weighted by Gasteiger charge is 2.22. The largest absolute Gasteiger partial charge is 0.345 e. The SMILES string of the molecule is CC(C)c1nsc(N2CCCC(NCc3ccccc3)C2)n1. The lowest BCUT2D eigenvalue weighted by molar-refractivity contribution is 0.421. The van der Waals surface area contributed by atoms with Gasteiger partial charge in [-0.2, -0.15) is 4.37 Å². The van der Waals surface area contributed by atoms with Crippen molar-refractivity contribution in [3.63, 3.8) is 0 Å². The number of nitrogens with one attached hydrogen (secondary N) is 1. The number of aromatic nitrogens is 2. The average Bonchev–Trinajstić information content (AvgIpc) is 3.05. The van der Waals surface area contributed by atoms with E-state index in [4.69, 9.17) is 4.98 Å². The highest BCUT2D eigenvalue weighted by atomic mass is 32.1. The highest BCUT2D eigenvalue weighted by molar-refractivity contribution is 7.09. The van der Waals surface area contributed by atoms with E-state index in [1.54, 1.807) is 0 Å². The minimum absolute atomic E-state index is 0.404. The molecular formula is C17H24N4S. The maximum absolute atomic E-state index is 4.69. The molecule has 1 saturated heterocycles. The second kappa shape index (κ2) is 7.20. The Morgan fingerprint density at radius 3 is 2.86 bits per heavy atom. The zero-order valence-electron chi connectivity index (χ0n) is 13.3. The van der Waals surface area contributed by atoms with Crippen molar-refractivity contribution >= 4 is 16.7 Å². The Labute approximate surface area is 136 Å². The predicted molar refractivity (Wildman–Crippen MR) is 92.5 cm³/mol. The Balaban J connectivity index is 1.56. The van der Waals surface area contributed by atoms with E-state index in [1.807, 2.05) is 0 Å². The lowest BCUT2D eigenvalue weighted by Gasteiger charge is -2.32. The fourth-order valence-electron chi connectivity index (χ4n) is 2.76. The summed E-state index contributed by atoms with van der Waals surface area (Å²) in [6, 6.07) is 11.1. The number of piperidine rings is 1. The van der Waals surface area contributed by atoms with E-state index in [9.17, 15) is 0 Å². The zero-order chi connectivity index (χ0) is 15.4. The molecule has 0 spiro atoms. The lowest BCUT2D eigenvalue weighted by Crippen LogP contribution is -2.45. The summed E-state index contributed by atoms with van der Waals surface area (Å²) < 4.78 is 4.48. The van der Waals surface area contributed by atoms with Gasteiger partial charge in [-0.3, -0.25) is 0 Å². The van der Waals surface area contributed by atoms with Crippen molar-refractivity contribution in [2.24, 2.45) is 0 Å². The fourth-order valence-corrected chi connectivity index (χ4v) is 3.61. The third kappa shape index (κ3) is 3.84. The van der Waals surface area contributed by atoms with Gasteiger partial charge in [0.1, 0.15) is 5.82 Å². The summed E-state index contributed by atoms with van der Waals surface area (Å²) in [7, 11) is 0. The third-order valence-corrected chi connectivity index (χ3v) is 4.87. The molecule has 1 aromatic carbocycles. The summed E-state index contributed by atoms with van der Waals surface area (Å²) >= 11 is 1.54. The standard InChI is InChI=1S/C17H24N4S/c1-13(2)16-19-17(22-20-16)21-10-6-9-15(12-21)18-11-14-7-4-3-5-8-14/h3-5,7-8,13,15,18H,6,9-12H2,1-2H3. The molecule has 118 valence electrons. The summed E-state index contributed by atoms with van der Waals surface area (Å²) in [5, 5.41) is 4.76. The molecule has 0 radical (unpaired) electrons. The molecule has 5 heteroatoms. The van der Waals surface area contributed by atoms with Gasteiger partial charge in [-0.05, 0) is 18.4 Å². The van der Waals surface area contributed by atoms with Crippen LogP contribution < -0.4 is 10.2 Å². The Bertz CT molecular complexity index is 581. The zero-order valence-corrected chi connectivity index (χ0v) is 14.1. The van der Waals surface area contributed by atoms with Crippen molar-refractivity contribution in [1.82, 2.24) is 14.7 Å². The van der Waals surface area contributed by atoms with Crippen molar-refractivity contribution in [3.05, 3.63) is 41.7 Å². The topological polar surface area (TPSA) is 41.1 Å². The van der Waals surface area contributed by atoms with E-state index in [-0.39, 0.29) is 0 Å². The molecule has 1 atom stereocenters. The summed E-state index contributed by atoms with van der Waals surface area (Å²) in [5.74, 6) is 1.38. The molecule has 22 heavy (non-hydrogen) atoms. The Kier molecular flexibility index (Phi) is 5.05. The second-order valence-electron chi connectivity index (χ2n) is 6.24. The van der Waals surface area contributed by atoms with E-state index in [2.05, 4.69) is 58.8 Å². The van der Waals surface area contributed by atoms with Crippen molar-refractivity contribution in [2.75, 3.05) is 18.0 Å². The monoisotopic (exact) mass is 316 g/mol. The molecule has 4 nitrogen and oxygen atoms in total. The number of hydrogen-bond acceptors (Lipinski definition) is 5. The smallest absolute Gasteiger partial charge is 0.205 e. The van der Waals surface area contributed by atoms with Crippen LogP contribution in [0.1, 0.15) is 44.0 Å². The van der Waals surface area contributed by atoms with Crippen LogP contribution in [-0.4, -0.2) is 28.5 Å². The first kappa shape index (κ1) is 15.4. The van der Waals surface area contributed by atoms with Gasteiger partial charge < -0.3 is 10.2 Å². The first-order chi connectivity index (χ1) is 10.7. The normalized spacial score (nSPS) is 18.9. The molecule has 1 aliphatic rings. The summed E-state index contributed by atoms with van der Waals surface area (Å²) in [5.41, 5.74) is 1.35. The van der Waals surface area contributed by atoms with E-state index >= 15 is 0 Å². The molecule has 0 aliphatic carbocycles. The molecular weight excluding hydrogens is 292 g/mol. The van der Waals surface area contributed by atoms with Crippen LogP contribution in [0.2, 0.25) is 0 Å². The van der Waals surface area contributed by atoms with E-state index in [0.717, 1.165) is 30.6 Å². The van der Waals surface area contributed by atoms with Crippen LogP contribution in [0.15, 0.2) is 30.3 Å². The van der Waals surface area contributed by atoms with Crippen LogP contribution in [0, 0.1) is 0 Å². The van der Waals surface area contributed by atoms with Gasteiger partial charge in [0.25, 0.3) is 0 Å². The van der Waals surface area contributed by atoms with Crippen molar-refractivity contribution in [1.29, 1.82) is 0 Å². The van der Waals surface area contributed by atoms with Gasteiger partial charge in [-0.1, -0.05) is 44.2 Å². The van der Waals surface area contributed by atoms with Gasteiger partial charge in [-0.15, -0.1) is 0 Å². The van der Waals surface area contributed by atoms with Gasteiger partial charge in [-0.25, -0.2) is 4.98 Å². The molecule has 0 bridgehead atoms. The molecule has 0 amide bonds. The maximum atomic E-state index is 4.69. The fraction of sp³-hybridized carbons (Fsp3) is 0.529. The van der Waals surface area contributed by atoms with Crippen molar-refractivity contribution < 1.29 is 0 Å². The second-order valence-corrected chi connectivity index (χ2v) is 6.97. The Morgan fingerprint density at radius 1 is 1.32 bits per heavy atom. The quantitative estimate of drug-likeness (QED) is 0.917. The highest BCUT2D eigenvalue weighted by Crippen LogP contribution is 2.24. The van der Waals surface area contributed by atoms with Gasteiger partial charge in [0.2, 0.25) is 5.13 Å². The summed E-state index contributed by atoms with van der Waals surface area (Å²) in [6.45, 7) is 7.35. The molecule has 1 aliphatic heterocycles. The number of rotatable bonds is 5. The number of nitrogens with zero attached hydrogens (tertiary/aromatic N) is 3. The van der Waals surface area contributed by atoms with Crippen LogP contribution in [0.25, 0.3) is 0 Å². The average molecular weight is 316 g/mol. The van der Waals surface area contributed by atoms with Gasteiger partial charge in [0, 0.05) is 43.1 Å². The molecule has 1 fully saturated rings. The van der Waals surface area contributed by atoms with Crippen molar-refractivity contribution in [2.45, 2.75) is 45.2 Å². The molecule has 1 N–H and O–H groups in total. The maximum Gasteiger partial charge on any atom is 0.205 e. The van der Waals surface area contributed by atoms with Crippen LogP contribution in [0.5, 0.6) is 0 Å². The number of hydrogen-bond donors (Lipinski definition) is 1. The lowest BCUT2D eigenvalue weighted by atomic mass is 10.1. The molecule has 0 saturated carbocycles. The Morgan fingerprint density at radius 2 is 2.14 bits per heavy atom. The van der Waals surface area contributed by atoms with Crippen LogP contribution >= 0.6 is 11.5 Å².